The number of hydrogen-bond donors (Lipinski definition) is 1. The highest BCUT2D eigenvalue weighted by atomic mass is 28.4. The Kier molecular flexibility index (Phi) is 10.7. The summed E-state index contributed by atoms with van der Waals surface area (Å²) < 4.78 is 17.8. The zero-order chi connectivity index (χ0) is 26.9. The highest BCUT2D eigenvalue weighted by Gasteiger charge is 2.41. The normalized spacial score (nSPS) is 22.6. The topological polar surface area (TPSA) is 82.1 Å². The van der Waals surface area contributed by atoms with Crippen molar-refractivity contribution in [1.82, 2.24) is 0 Å². The number of fused-ring (bicyclic) bond motifs is 1. The molecule has 0 radical (unpaired) electrons. The molecule has 7 heteroatoms. The average Bonchev–Trinajstić information content (AvgIpc) is 2.78. The molecule has 0 bridgehead atoms. The molecule has 3 atom stereocenters. The number of carbonyl (C=O) groups is 2. The second-order valence-electron chi connectivity index (χ2n) is 10.9. The van der Waals surface area contributed by atoms with Gasteiger partial charge in [-0.1, -0.05) is 70.7 Å². The first-order valence-corrected chi connectivity index (χ1v) is 15.6. The molecule has 0 saturated carbocycles. The summed E-state index contributed by atoms with van der Waals surface area (Å²) in [6.45, 7) is 16.9. The highest BCUT2D eigenvalue weighted by Crippen LogP contribution is 2.39. The molecule has 1 N–H and O–H groups in total. The lowest BCUT2D eigenvalue weighted by Gasteiger charge is -2.41. The van der Waals surface area contributed by atoms with Crippen LogP contribution < -0.4 is 0 Å². The van der Waals surface area contributed by atoms with Crippen LogP contribution in [0, 0.1) is 5.92 Å². The molecule has 0 aromatic heterocycles. The van der Waals surface area contributed by atoms with Crippen LogP contribution in [0.2, 0.25) is 18.1 Å². The van der Waals surface area contributed by atoms with Gasteiger partial charge in [0.15, 0.2) is 8.32 Å². The molecule has 0 unspecified atom stereocenters. The van der Waals surface area contributed by atoms with Gasteiger partial charge >= 0.3 is 11.9 Å². The van der Waals surface area contributed by atoms with E-state index in [1.807, 2.05) is 12.1 Å². The van der Waals surface area contributed by atoms with Crippen molar-refractivity contribution in [3.63, 3.8) is 0 Å². The Bertz CT molecular complexity index is 972. The summed E-state index contributed by atoms with van der Waals surface area (Å²) in [7, 11) is -2.11. The molecule has 2 rings (SSSR count). The Labute approximate surface area is 217 Å². The van der Waals surface area contributed by atoms with Gasteiger partial charge < -0.3 is 19.0 Å². The van der Waals surface area contributed by atoms with Gasteiger partial charge in [0, 0.05) is 18.9 Å². The number of esters is 2. The van der Waals surface area contributed by atoms with Crippen LogP contribution in [0.25, 0.3) is 0 Å². The summed E-state index contributed by atoms with van der Waals surface area (Å²) in [5.74, 6) is -0.970. The van der Waals surface area contributed by atoms with Crippen molar-refractivity contribution in [3.05, 3.63) is 66.3 Å². The van der Waals surface area contributed by atoms with E-state index >= 15 is 0 Å². The van der Waals surface area contributed by atoms with E-state index in [0.717, 1.165) is 6.42 Å². The monoisotopic (exact) mass is 514 g/mol. The SMILES string of the molecule is C=CCOC(=O)/C=C/C[C@H]1C[C@@H](O[Si](C)(C)C(C)(C)C)[C@@H](C)C/C=C/Cc2cccc(O)c2C(=O)O1. The lowest BCUT2D eigenvalue weighted by molar-refractivity contribution is -0.136. The lowest BCUT2D eigenvalue weighted by Crippen LogP contribution is -2.46. The van der Waals surface area contributed by atoms with Crippen molar-refractivity contribution in [1.29, 1.82) is 0 Å². The fourth-order valence-corrected chi connectivity index (χ4v) is 5.22. The number of benzene rings is 1. The van der Waals surface area contributed by atoms with Crippen molar-refractivity contribution >= 4 is 20.3 Å². The molecule has 1 aromatic carbocycles. The molecule has 1 aromatic rings. The van der Waals surface area contributed by atoms with Gasteiger partial charge in [-0.3, -0.25) is 0 Å². The predicted octanol–water partition coefficient (Wildman–Crippen LogP) is 6.51. The van der Waals surface area contributed by atoms with E-state index in [4.69, 9.17) is 13.9 Å². The van der Waals surface area contributed by atoms with Crippen molar-refractivity contribution < 1.29 is 28.6 Å². The van der Waals surface area contributed by atoms with Crippen LogP contribution in [0.5, 0.6) is 5.75 Å². The number of carbonyl (C=O) groups excluding carboxylic acids is 2. The van der Waals surface area contributed by atoms with E-state index in [1.54, 1.807) is 12.1 Å². The summed E-state index contributed by atoms with van der Waals surface area (Å²) in [5, 5.41) is 10.5. The zero-order valence-corrected chi connectivity index (χ0v) is 23.6. The number of ether oxygens (including phenoxy) is 2. The van der Waals surface area contributed by atoms with Crippen LogP contribution in [0.15, 0.2) is 55.2 Å². The summed E-state index contributed by atoms with van der Waals surface area (Å²) in [6, 6.07) is 5.04. The molecule has 198 valence electrons. The van der Waals surface area contributed by atoms with Crippen LogP contribution in [0.1, 0.15) is 62.9 Å². The van der Waals surface area contributed by atoms with Crippen molar-refractivity contribution in [2.75, 3.05) is 6.61 Å². The third-order valence-corrected chi connectivity index (χ3v) is 11.5. The highest BCUT2D eigenvalue weighted by molar-refractivity contribution is 6.74. The third kappa shape index (κ3) is 8.49. The van der Waals surface area contributed by atoms with E-state index in [-0.39, 0.29) is 35.0 Å². The van der Waals surface area contributed by atoms with Crippen molar-refractivity contribution in [3.8, 4) is 5.75 Å². The second-order valence-corrected chi connectivity index (χ2v) is 15.7. The molecular formula is C29H42O6Si. The van der Waals surface area contributed by atoms with Gasteiger partial charge in [-0.25, -0.2) is 9.59 Å². The first-order chi connectivity index (χ1) is 16.9. The molecule has 1 heterocycles. The molecule has 1 aliphatic heterocycles. The Morgan fingerprint density at radius 2 is 2.00 bits per heavy atom. The number of allylic oxidation sites excluding steroid dienone is 2. The van der Waals surface area contributed by atoms with Crippen LogP contribution in [0.3, 0.4) is 0 Å². The third-order valence-electron chi connectivity index (χ3n) is 7.00. The van der Waals surface area contributed by atoms with Gasteiger partial charge in [0.05, 0.1) is 6.10 Å². The zero-order valence-electron chi connectivity index (χ0n) is 22.6. The minimum atomic E-state index is -2.11. The van der Waals surface area contributed by atoms with E-state index in [0.29, 0.717) is 24.8 Å². The van der Waals surface area contributed by atoms with Crippen molar-refractivity contribution in [2.24, 2.45) is 5.92 Å². The fourth-order valence-electron chi connectivity index (χ4n) is 3.78. The molecule has 0 spiro atoms. The van der Waals surface area contributed by atoms with Gasteiger partial charge in [0.2, 0.25) is 0 Å². The number of phenols is 1. The van der Waals surface area contributed by atoms with Gasteiger partial charge in [0.25, 0.3) is 0 Å². The van der Waals surface area contributed by atoms with Gasteiger partial charge in [-0.15, -0.1) is 0 Å². The average molecular weight is 515 g/mol. The Morgan fingerprint density at radius 1 is 1.28 bits per heavy atom. The maximum absolute atomic E-state index is 13.3. The van der Waals surface area contributed by atoms with Crippen LogP contribution in [-0.4, -0.2) is 44.2 Å². The molecule has 0 amide bonds. The van der Waals surface area contributed by atoms with E-state index < -0.39 is 26.4 Å². The summed E-state index contributed by atoms with van der Waals surface area (Å²) >= 11 is 0. The standard InChI is InChI=1S/C29H42O6Si/c1-8-19-33-26(31)18-12-16-23-20-25(35-36(6,7)29(3,4)5)21(2)13-9-10-14-22-15-11-17-24(30)27(22)28(32)34-23/h8-12,15,17-18,21,23,25,30H,1,13-14,16,19-20H2,2-7H3/b10-9+,18-12+/t21-,23-,25+/m0/s1. The first kappa shape index (κ1) is 29.6. The van der Waals surface area contributed by atoms with Gasteiger partial charge in [-0.2, -0.15) is 0 Å². The van der Waals surface area contributed by atoms with E-state index in [2.05, 4.69) is 53.4 Å². The number of cyclic esters (lactones) is 1. The van der Waals surface area contributed by atoms with E-state index in [1.165, 1.54) is 18.2 Å². The van der Waals surface area contributed by atoms with E-state index in [9.17, 15) is 14.7 Å². The molecule has 0 fully saturated rings. The quantitative estimate of drug-likeness (QED) is 0.193. The van der Waals surface area contributed by atoms with Crippen LogP contribution in [-0.2, 0) is 25.1 Å². The maximum Gasteiger partial charge on any atom is 0.342 e. The summed E-state index contributed by atoms with van der Waals surface area (Å²) in [4.78, 5) is 25.2. The maximum atomic E-state index is 13.3. The smallest absolute Gasteiger partial charge is 0.342 e. The largest absolute Gasteiger partial charge is 0.507 e. The van der Waals surface area contributed by atoms with Crippen LogP contribution in [0.4, 0.5) is 0 Å². The second kappa shape index (κ2) is 13.1. The van der Waals surface area contributed by atoms with Crippen molar-refractivity contribution in [2.45, 2.75) is 83.7 Å². The fraction of sp³-hybridized carbons (Fsp3) is 0.517. The minimum absolute atomic E-state index is 0.0258. The van der Waals surface area contributed by atoms with Crippen LogP contribution >= 0.6 is 0 Å². The summed E-state index contributed by atoms with van der Waals surface area (Å²) in [5.41, 5.74) is 0.887. The van der Waals surface area contributed by atoms with Gasteiger partial charge in [0.1, 0.15) is 24.0 Å². The molecular weight excluding hydrogens is 472 g/mol. The van der Waals surface area contributed by atoms with Gasteiger partial charge in [-0.05, 0) is 48.5 Å². The first-order valence-electron chi connectivity index (χ1n) is 12.6. The predicted molar refractivity (Wildman–Crippen MR) is 146 cm³/mol. The lowest BCUT2D eigenvalue weighted by atomic mass is 9.93. The molecule has 36 heavy (non-hydrogen) atoms. The Morgan fingerprint density at radius 3 is 2.67 bits per heavy atom. The number of hydrogen-bond acceptors (Lipinski definition) is 6. The molecule has 0 saturated heterocycles. The summed E-state index contributed by atoms with van der Waals surface area (Å²) in [6.07, 6.45) is 10.1. The molecule has 1 aliphatic rings. The minimum Gasteiger partial charge on any atom is -0.507 e. The Balaban J connectivity index is 2.39. The number of phenolic OH excluding ortho intramolecular Hbond substituents is 1. The number of rotatable bonds is 7. The molecule has 0 aliphatic carbocycles. The Hall–Kier alpha value is -2.64. The number of aromatic hydroxyl groups is 1. The molecule has 6 nitrogen and oxygen atoms in total.